The van der Waals surface area contributed by atoms with Crippen LogP contribution < -0.4 is 9.64 Å². The maximum atomic E-state index is 6.16. The second-order valence-corrected chi connectivity index (χ2v) is 8.44. The summed E-state index contributed by atoms with van der Waals surface area (Å²) < 4.78 is 6.16. The molecule has 0 unspecified atom stereocenters. The van der Waals surface area contributed by atoms with Crippen LogP contribution in [0.25, 0.3) is 0 Å². The van der Waals surface area contributed by atoms with Crippen LogP contribution in [0.1, 0.15) is 43.0 Å². The predicted molar refractivity (Wildman–Crippen MR) is 112 cm³/mol. The van der Waals surface area contributed by atoms with Crippen LogP contribution >= 0.6 is 0 Å². The lowest BCUT2D eigenvalue weighted by Gasteiger charge is -2.34. The lowest BCUT2D eigenvalue weighted by molar-refractivity contribution is 0.473. The number of pyridine rings is 1. The molecule has 1 aliphatic heterocycles. The van der Waals surface area contributed by atoms with E-state index >= 15 is 0 Å². The van der Waals surface area contributed by atoms with Crippen LogP contribution in [0.2, 0.25) is 0 Å². The van der Waals surface area contributed by atoms with Crippen LogP contribution in [-0.2, 0) is 5.41 Å². The lowest BCUT2D eigenvalue weighted by atomic mass is 9.84. The summed E-state index contributed by atoms with van der Waals surface area (Å²) in [6.07, 6.45) is 1.82. The molecule has 3 nitrogen and oxygen atoms in total. The summed E-state index contributed by atoms with van der Waals surface area (Å²) in [5, 5.41) is 0. The highest BCUT2D eigenvalue weighted by molar-refractivity contribution is 5.86. The van der Waals surface area contributed by atoms with E-state index in [-0.39, 0.29) is 5.41 Å². The largest absolute Gasteiger partial charge is 0.451 e. The van der Waals surface area contributed by atoms with Crippen molar-refractivity contribution in [2.24, 2.45) is 0 Å². The summed E-state index contributed by atoms with van der Waals surface area (Å²) in [7, 11) is 0. The second kappa shape index (κ2) is 6.12. The minimum Gasteiger partial charge on any atom is -0.451 e. The molecule has 138 valence electrons. The molecule has 0 saturated carbocycles. The van der Waals surface area contributed by atoms with Crippen LogP contribution in [-0.4, -0.2) is 4.98 Å². The van der Waals surface area contributed by atoms with Gasteiger partial charge in [0.25, 0.3) is 0 Å². The third kappa shape index (κ3) is 2.97. The number of anilines is 3. The Kier molecular flexibility index (Phi) is 3.99. The van der Waals surface area contributed by atoms with E-state index in [1.54, 1.807) is 0 Å². The fourth-order valence-corrected chi connectivity index (χ4v) is 3.72. The van der Waals surface area contributed by atoms with Gasteiger partial charge in [-0.2, -0.15) is 0 Å². The summed E-state index contributed by atoms with van der Waals surface area (Å²) in [5.41, 5.74) is 7.33. The first-order valence-corrected chi connectivity index (χ1v) is 9.41. The summed E-state index contributed by atoms with van der Waals surface area (Å²) >= 11 is 0. The van der Waals surface area contributed by atoms with E-state index < -0.39 is 0 Å². The maximum absolute atomic E-state index is 6.16. The number of fused-ring (bicyclic) bond motifs is 2. The molecule has 1 aromatic heterocycles. The minimum absolute atomic E-state index is 0.115. The smallest absolute Gasteiger partial charge is 0.181 e. The third-order valence-corrected chi connectivity index (χ3v) is 5.12. The van der Waals surface area contributed by atoms with E-state index in [9.17, 15) is 0 Å². The van der Waals surface area contributed by atoms with Crippen LogP contribution in [0.4, 0.5) is 17.2 Å². The first-order chi connectivity index (χ1) is 12.8. The Morgan fingerprint density at radius 1 is 0.889 bits per heavy atom. The van der Waals surface area contributed by atoms with Crippen molar-refractivity contribution in [3.8, 4) is 11.5 Å². The quantitative estimate of drug-likeness (QED) is 0.371. The molecule has 0 amide bonds. The fraction of sp³-hybridized carbons (Fsp3) is 0.292. The molecule has 3 heteroatoms. The highest BCUT2D eigenvalue weighted by atomic mass is 16.5. The number of benzene rings is 2. The Labute approximate surface area is 161 Å². The van der Waals surface area contributed by atoms with Gasteiger partial charge in [-0.1, -0.05) is 39.0 Å². The molecule has 3 aromatic rings. The number of aromatic nitrogens is 1. The summed E-state index contributed by atoms with van der Waals surface area (Å²) in [5.74, 6) is 2.49. The number of ether oxygens (including phenoxy) is 1. The van der Waals surface area contributed by atoms with Gasteiger partial charge in [0.1, 0.15) is 0 Å². The molecule has 0 radical (unpaired) electrons. The van der Waals surface area contributed by atoms with Crippen molar-refractivity contribution < 1.29 is 4.74 Å². The molecule has 2 aromatic carbocycles. The van der Waals surface area contributed by atoms with Gasteiger partial charge in [-0.25, -0.2) is 4.98 Å². The molecule has 0 saturated heterocycles. The van der Waals surface area contributed by atoms with Gasteiger partial charge in [0.05, 0.1) is 11.4 Å². The minimum atomic E-state index is 0.115. The number of hydrogen-bond acceptors (Lipinski definition) is 3. The highest BCUT2D eigenvalue weighted by Gasteiger charge is 2.29. The molecule has 0 N–H and O–H groups in total. The first kappa shape index (κ1) is 17.6. The SMILES string of the molecule is Cc1ccc2c(c1)Oc1cccnc1N2c1c(C)cc(C(C)(C)C)cc1C. The average molecular weight is 358 g/mol. The molecule has 2 heterocycles. The topological polar surface area (TPSA) is 25.4 Å². The van der Waals surface area contributed by atoms with E-state index in [2.05, 4.69) is 81.8 Å². The van der Waals surface area contributed by atoms with Crippen molar-refractivity contribution in [1.82, 2.24) is 4.98 Å². The van der Waals surface area contributed by atoms with Gasteiger partial charge in [0.2, 0.25) is 0 Å². The lowest BCUT2D eigenvalue weighted by Crippen LogP contribution is -2.20. The van der Waals surface area contributed by atoms with Crippen LogP contribution in [0.15, 0.2) is 48.7 Å². The van der Waals surface area contributed by atoms with Crippen LogP contribution in [0.3, 0.4) is 0 Å². The molecule has 4 rings (SSSR count). The van der Waals surface area contributed by atoms with Gasteiger partial charge in [-0.05, 0) is 72.7 Å². The van der Waals surface area contributed by atoms with Crippen LogP contribution in [0, 0.1) is 20.8 Å². The van der Waals surface area contributed by atoms with E-state index in [1.165, 1.54) is 27.9 Å². The van der Waals surface area contributed by atoms with E-state index in [0.29, 0.717) is 0 Å². The number of rotatable bonds is 1. The maximum Gasteiger partial charge on any atom is 0.181 e. The molecule has 0 atom stereocenters. The number of aryl methyl sites for hydroxylation is 3. The Hall–Kier alpha value is -2.81. The molecular weight excluding hydrogens is 332 g/mol. The van der Waals surface area contributed by atoms with Crippen molar-refractivity contribution in [3.63, 3.8) is 0 Å². The summed E-state index contributed by atoms with van der Waals surface area (Å²) in [6.45, 7) is 13.2. The normalized spacial score (nSPS) is 13.0. The van der Waals surface area contributed by atoms with Gasteiger partial charge in [-0.3, -0.25) is 4.90 Å². The van der Waals surface area contributed by atoms with Crippen molar-refractivity contribution in [2.45, 2.75) is 47.0 Å². The Morgan fingerprint density at radius 2 is 1.59 bits per heavy atom. The summed E-state index contributed by atoms with van der Waals surface area (Å²) in [4.78, 5) is 6.89. The standard InChI is InChI=1S/C24H26N2O/c1-15-9-10-19-21(12-15)27-20-8-7-11-25-23(20)26(19)22-16(2)13-18(14-17(22)3)24(4,5)6/h7-14H,1-6H3. The molecule has 27 heavy (non-hydrogen) atoms. The van der Waals surface area contributed by atoms with Crippen LogP contribution in [0.5, 0.6) is 11.5 Å². The Bertz CT molecular complexity index is 1010. The van der Waals surface area contributed by atoms with Gasteiger partial charge < -0.3 is 4.74 Å². The van der Waals surface area contributed by atoms with Gasteiger partial charge in [-0.15, -0.1) is 0 Å². The zero-order valence-corrected chi connectivity index (χ0v) is 16.9. The predicted octanol–water partition coefficient (Wildman–Crippen LogP) is 6.88. The molecule has 0 fully saturated rings. The highest BCUT2D eigenvalue weighted by Crippen LogP contribution is 2.51. The third-order valence-electron chi connectivity index (χ3n) is 5.12. The fourth-order valence-electron chi connectivity index (χ4n) is 3.72. The molecule has 0 bridgehead atoms. The Morgan fingerprint density at radius 3 is 2.26 bits per heavy atom. The van der Waals surface area contributed by atoms with Crippen molar-refractivity contribution in [1.29, 1.82) is 0 Å². The van der Waals surface area contributed by atoms with Crippen molar-refractivity contribution >= 4 is 17.2 Å². The number of hydrogen-bond donors (Lipinski definition) is 0. The molecule has 1 aliphatic rings. The molecule has 0 spiro atoms. The molecule has 0 aliphatic carbocycles. The average Bonchev–Trinajstić information content (AvgIpc) is 2.59. The second-order valence-electron chi connectivity index (χ2n) is 8.44. The van der Waals surface area contributed by atoms with Gasteiger partial charge in [0.15, 0.2) is 17.3 Å². The summed E-state index contributed by atoms with van der Waals surface area (Å²) in [6, 6.07) is 14.8. The van der Waals surface area contributed by atoms with E-state index in [4.69, 9.17) is 4.74 Å². The zero-order valence-electron chi connectivity index (χ0n) is 16.9. The van der Waals surface area contributed by atoms with Gasteiger partial charge in [0, 0.05) is 6.20 Å². The van der Waals surface area contributed by atoms with E-state index in [0.717, 1.165) is 23.0 Å². The monoisotopic (exact) mass is 358 g/mol. The Balaban J connectivity index is 1.97. The van der Waals surface area contributed by atoms with Gasteiger partial charge >= 0.3 is 0 Å². The van der Waals surface area contributed by atoms with E-state index in [1.807, 2.05) is 18.3 Å². The van der Waals surface area contributed by atoms with Crippen molar-refractivity contribution in [3.05, 3.63) is 70.9 Å². The number of nitrogens with zero attached hydrogens (tertiary/aromatic N) is 2. The molecular formula is C24H26N2O. The first-order valence-electron chi connectivity index (χ1n) is 9.41. The zero-order chi connectivity index (χ0) is 19.3. The van der Waals surface area contributed by atoms with Crippen molar-refractivity contribution in [2.75, 3.05) is 4.90 Å².